The van der Waals surface area contributed by atoms with Crippen molar-refractivity contribution in [1.82, 2.24) is 10.3 Å². The molecule has 1 aromatic rings. The Bertz CT molecular complexity index is 601. The summed E-state index contributed by atoms with van der Waals surface area (Å²) in [5, 5.41) is 5.97. The molecule has 116 valence electrons. The minimum atomic E-state index is -2.90. The number of rotatable bonds is 6. The summed E-state index contributed by atoms with van der Waals surface area (Å²) in [5.41, 5.74) is 1.21. The highest BCUT2D eigenvalue weighted by Gasteiger charge is 2.28. The lowest BCUT2D eigenvalue weighted by atomic mass is 10.1. The smallest absolute Gasteiger partial charge is 0.269 e. The van der Waals surface area contributed by atoms with Crippen LogP contribution in [0, 0.1) is 5.92 Å². The summed E-state index contributed by atoms with van der Waals surface area (Å²) in [4.78, 5) is 16.1. The van der Waals surface area contributed by atoms with Crippen LogP contribution < -0.4 is 10.6 Å². The lowest BCUT2D eigenvalue weighted by Gasteiger charge is -2.10. The molecule has 1 amide bonds. The summed E-state index contributed by atoms with van der Waals surface area (Å²) in [6.07, 6.45) is 3.21. The second-order valence-electron chi connectivity index (χ2n) is 5.34. The van der Waals surface area contributed by atoms with Crippen molar-refractivity contribution < 1.29 is 13.2 Å². The van der Waals surface area contributed by atoms with Crippen LogP contribution in [0.4, 0.5) is 5.69 Å². The second kappa shape index (κ2) is 6.89. The monoisotopic (exact) mass is 311 g/mol. The van der Waals surface area contributed by atoms with E-state index in [1.54, 1.807) is 12.3 Å². The quantitative estimate of drug-likeness (QED) is 0.820. The van der Waals surface area contributed by atoms with Crippen LogP contribution in [0.15, 0.2) is 18.3 Å². The third kappa shape index (κ3) is 4.70. The van der Waals surface area contributed by atoms with Gasteiger partial charge in [0, 0.05) is 25.0 Å². The predicted molar refractivity (Wildman–Crippen MR) is 82.1 cm³/mol. The summed E-state index contributed by atoms with van der Waals surface area (Å²) in [7, 11) is -2.90. The van der Waals surface area contributed by atoms with Crippen LogP contribution in [0.1, 0.15) is 30.3 Å². The zero-order chi connectivity index (χ0) is 15.3. The Balaban J connectivity index is 1.88. The number of carbonyl (C=O) groups is 1. The molecule has 2 rings (SSSR count). The molecule has 1 unspecified atom stereocenters. The third-order valence-electron chi connectivity index (χ3n) is 3.45. The van der Waals surface area contributed by atoms with Gasteiger partial charge in [-0.3, -0.25) is 9.78 Å². The average Bonchev–Trinajstić information content (AvgIpc) is 2.82. The molecule has 0 bridgehead atoms. The molecule has 1 aliphatic rings. The minimum absolute atomic E-state index is 0.0142. The first-order valence-electron chi connectivity index (χ1n) is 7.18. The SMILES string of the molecule is CCCNc1ccnc(C(=O)NCC2CCS(=O)(=O)C2)c1. The Morgan fingerprint density at radius 3 is 2.95 bits per heavy atom. The van der Waals surface area contributed by atoms with Crippen molar-refractivity contribution in [3.8, 4) is 0 Å². The van der Waals surface area contributed by atoms with Crippen LogP contribution in [-0.2, 0) is 9.84 Å². The normalized spacial score (nSPS) is 20.1. The van der Waals surface area contributed by atoms with Crippen molar-refractivity contribution in [2.45, 2.75) is 19.8 Å². The number of sulfone groups is 1. The Morgan fingerprint density at radius 2 is 2.29 bits per heavy atom. The molecule has 1 aromatic heterocycles. The molecule has 0 spiro atoms. The summed E-state index contributed by atoms with van der Waals surface area (Å²) >= 11 is 0. The van der Waals surface area contributed by atoms with Gasteiger partial charge < -0.3 is 10.6 Å². The Hall–Kier alpha value is -1.63. The molecule has 7 heteroatoms. The molecular weight excluding hydrogens is 290 g/mol. The first kappa shape index (κ1) is 15.8. The molecule has 1 saturated heterocycles. The Labute approximate surface area is 125 Å². The van der Waals surface area contributed by atoms with Crippen molar-refractivity contribution >= 4 is 21.4 Å². The van der Waals surface area contributed by atoms with Crippen LogP contribution in [0.2, 0.25) is 0 Å². The van der Waals surface area contributed by atoms with Gasteiger partial charge in [-0.2, -0.15) is 0 Å². The van der Waals surface area contributed by atoms with Gasteiger partial charge in [-0.05, 0) is 30.9 Å². The number of pyridine rings is 1. The van der Waals surface area contributed by atoms with E-state index in [2.05, 4.69) is 22.5 Å². The van der Waals surface area contributed by atoms with Crippen molar-refractivity contribution in [2.24, 2.45) is 5.92 Å². The molecular formula is C14H21N3O3S. The maximum absolute atomic E-state index is 12.0. The van der Waals surface area contributed by atoms with Gasteiger partial charge in [0.05, 0.1) is 11.5 Å². The molecule has 1 aliphatic heterocycles. The van der Waals surface area contributed by atoms with Gasteiger partial charge in [0.2, 0.25) is 0 Å². The number of hydrogen-bond donors (Lipinski definition) is 2. The average molecular weight is 311 g/mol. The van der Waals surface area contributed by atoms with Crippen LogP contribution >= 0.6 is 0 Å². The molecule has 0 aromatic carbocycles. The maximum Gasteiger partial charge on any atom is 0.269 e. The highest BCUT2D eigenvalue weighted by Crippen LogP contribution is 2.17. The van der Waals surface area contributed by atoms with E-state index in [9.17, 15) is 13.2 Å². The standard InChI is InChI=1S/C14H21N3O3S/c1-2-5-15-12-3-6-16-13(8-12)14(18)17-9-11-4-7-21(19,20)10-11/h3,6,8,11H,2,4-5,7,9-10H2,1H3,(H,15,16)(H,17,18). The molecule has 0 radical (unpaired) electrons. The van der Waals surface area contributed by atoms with E-state index in [-0.39, 0.29) is 23.3 Å². The van der Waals surface area contributed by atoms with Crippen molar-refractivity contribution in [3.63, 3.8) is 0 Å². The number of amides is 1. The van der Waals surface area contributed by atoms with Gasteiger partial charge in [-0.25, -0.2) is 8.42 Å². The molecule has 1 fully saturated rings. The van der Waals surface area contributed by atoms with Gasteiger partial charge in [-0.1, -0.05) is 6.92 Å². The molecule has 0 saturated carbocycles. The topological polar surface area (TPSA) is 88.2 Å². The lowest BCUT2D eigenvalue weighted by molar-refractivity contribution is 0.0943. The summed E-state index contributed by atoms with van der Waals surface area (Å²) in [6, 6.07) is 3.52. The van der Waals surface area contributed by atoms with Crippen LogP contribution in [0.3, 0.4) is 0 Å². The highest BCUT2D eigenvalue weighted by atomic mass is 32.2. The molecule has 2 heterocycles. The van der Waals surface area contributed by atoms with E-state index in [4.69, 9.17) is 0 Å². The molecule has 0 aliphatic carbocycles. The van der Waals surface area contributed by atoms with Gasteiger partial charge in [-0.15, -0.1) is 0 Å². The van der Waals surface area contributed by atoms with E-state index in [1.165, 1.54) is 0 Å². The predicted octanol–water partition coefficient (Wildman–Crippen LogP) is 1.07. The lowest BCUT2D eigenvalue weighted by Crippen LogP contribution is -2.30. The number of hydrogen-bond acceptors (Lipinski definition) is 5. The Morgan fingerprint density at radius 1 is 1.48 bits per heavy atom. The molecule has 2 N–H and O–H groups in total. The maximum atomic E-state index is 12.0. The van der Waals surface area contributed by atoms with Crippen molar-refractivity contribution in [3.05, 3.63) is 24.0 Å². The van der Waals surface area contributed by atoms with Gasteiger partial charge >= 0.3 is 0 Å². The van der Waals surface area contributed by atoms with E-state index >= 15 is 0 Å². The van der Waals surface area contributed by atoms with Crippen LogP contribution in [0.5, 0.6) is 0 Å². The van der Waals surface area contributed by atoms with Crippen LogP contribution in [0.25, 0.3) is 0 Å². The highest BCUT2D eigenvalue weighted by molar-refractivity contribution is 7.91. The summed E-state index contributed by atoms with van der Waals surface area (Å²) < 4.78 is 22.7. The number of anilines is 1. The largest absolute Gasteiger partial charge is 0.385 e. The van der Waals surface area contributed by atoms with Gasteiger partial charge in [0.25, 0.3) is 5.91 Å². The van der Waals surface area contributed by atoms with E-state index in [1.807, 2.05) is 6.07 Å². The molecule has 1 atom stereocenters. The fourth-order valence-electron chi connectivity index (χ4n) is 2.29. The number of nitrogens with one attached hydrogen (secondary N) is 2. The van der Waals surface area contributed by atoms with E-state index < -0.39 is 9.84 Å². The first-order valence-corrected chi connectivity index (χ1v) is 9.01. The number of nitrogens with zero attached hydrogens (tertiary/aromatic N) is 1. The minimum Gasteiger partial charge on any atom is -0.385 e. The number of carbonyl (C=O) groups excluding carboxylic acids is 1. The molecule has 21 heavy (non-hydrogen) atoms. The summed E-state index contributed by atoms with van der Waals surface area (Å²) in [5.74, 6) is 0.140. The van der Waals surface area contributed by atoms with Crippen molar-refractivity contribution in [2.75, 3.05) is 29.9 Å². The van der Waals surface area contributed by atoms with E-state index in [0.717, 1.165) is 18.7 Å². The summed E-state index contributed by atoms with van der Waals surface area (Å²) in [6.45, 7) is 3.29. The third-order valence-corrected chi connectivity index (χ3v) is 5.29. The van der Waals surface area contributed by atoms with Gasteiger partial charge in [0.15, 0.2) is 9.84 Å². The second-order valence-corrected chi connectivity index (χ2v) is 7.56. The fourth-order valence-corrected chi connectivity index (χ4v) is 4.16. The van der Waals surface area contributed by atoms with Crippen LogP contribution in [-0.4, -0.2) is 43.9 Å². The zero-order valence-corrected chi connectivity index (χ0v) is 12.9. The van der Waals surface area contributed by atoms with E-state index in [0.29, 0.717) is 18.7 Å². The van der Waals surface area contributed by atoms with Crippen molar-refractivity contribution in [1.29, 1.82) is 0 Å². The zero-order valence-electron chi connectivity index (χ0n) is 12.1. The fraction of sp³-hybridized carbons (Fsp3) is 0.571. The Kier molecular flexibility index (Phi) is 5.17. The first-order chi connectivity index (χ1) is 10.00. The number of aromatic nitrogens is 1. The molecule has 6 nitrogen and oxygen atoms in total. The van der Waals surface area contributed by atoms with Gasteiger partial charge in [0.1, 0.15) is 5.69 Å².